The van der Waals surface area contributed by atoms with E-state index < -0.39 is 11.6 Å². The number of ketones is 1. The van der Waals surface area contributed by atoms with Gasteiger partial charge in [-0.1, -0.05) is 11.8 Å². The minimum absolute atomic E-state index is 0.0430. The molecule has 124 valence electrons. The van der Waals surface area contributed by atoms with Crippen LogP contribution < -0.4 is 0 Å². The molecule has 0 unspecified atom stereocenters. The quantitative estimate of drug-likeness (QED) is 0.500. The highest BCUT2D eigenvalue weighted by Gasteiger charge is 2.17. The number of carbonyl (C=O) groups excluding carboxylic acids is 1. The predicted octanol–water partition coefficient (Wildman–Crippen LogP) is 3.81. The van der Waals surface area contributed by atoms with E-state index in [2.05, 4.69) is 10.2 Å². The second-order valence-electron chi connectivity index (χ2n) is 4.87. The summed E-state index contributed by atoms with van der Waals surface area (Å²) in [6.45, 7) is 2.53. The molecular formula is C16H13F2N3O2S. The van der Waals surface area contributed by atoms with E-state index in [4.69, 9.17) is 4.42 Å². The lowest BCUT2D eigenvalue weighted by Gasteiger charge is -2.05. The van der Waals surface area contributed by atoms with Crippen LogP contribution in [0, 0.1) is 11.6 Å². The highest BCUT2D eigenvalue weighted by Crippen LogP contribution is 2.25. The molecule has 0 N–H and O–H groups in total. The highest BCUT2D eigenvalue weighted by molar-refractivity contribution is 7.99. The molecule has 0 spiro atoms. The zero-order chi connectivity index (χ0) is 17.1. The van der Waals surface area contributed by atoms with Crippen LogP contribution in [-0.2, 0) is 6.54 Å². The van der Waals surface area contributed by atoms with Crippen molar-refractivity contribution in [1.82, 2.24) is 14.8 Å². The Kier molecular flexibility index (Phi) is 4.75. The third-order valence-electron chi connectivity index (χ3n) is 3.35. The van der Waals surface area contributed by atoms with Crippen molar-refractivity contribution < 1.29 is 18.0 Å². The van der Waals surface area contributed by atoms with Crippen molar-refractivity contribution in [2.45, 2.75) is 18.6 Å². The largest absolute Gasteiger partial charge is 0.461 e. The Balaban J connectivity index is 1.75. The smallest absolute Gasteiger partial charge is 0.200 e. The second-order valence-corrected chi connectivity index (χ2v) is 5.81. The molecule has 3 rings (SSSR count). The first kappa shape index (κ1) is 16.4. The average Bonchev–Trinajstić information content (AvgIpc) is 3.23. The molecule has 0 aliphatic rings. The van der Waals surface area contributed by atoms with E-state index >= 15 is 0 Å². The van der Waals surface area contributed by atoms with Gasteiger partial charge in [0.2, 0.25) is 0 Å². The molecule has 0 amide bonds. The van der Waals surface area contributed by atoms with Crippen LogP contribution in [0.2, 0.25) is 0 Å². The molecule has 0 bridgehead atoms. The Morgan fingerprint density at radius 3 is 2.75 bits per heavy atom. The van der Waals surface area contributed by atoms with Crippen LogP contribution in [-0.4, -0.2) is 26.3 Å². The van der Waals surface area contributed by atoms with Crippen molar-refractivity contribution >= 4 is 17.5 Å². The van der Waals surface area contributed by atoms with Gasteiger partial charge in [-0.15, -0.1) is 10.2 Å². The van der Waals surface area contributed by atoms with E-state index in [9.17, 15) is 13.6 Å². The molecule has 8 heteroatoms. The molecule has 5 nitrogen and oxygen atoms in total. The summed E-state index contributed by atoms with van der Waals surface area (Å²) < 4.78 is 33.3. The summed E-state index contributed by atoms with van der Waals surface area (Å²) in [5.74, 6) is -1.13. The number of aromatic nitrogens is 3. The molecule has 2 aromatic heterocycles. The van der Waals surface area contributed by atoms with Crippen LogP contribution in [0.4, 0.5) is 8.78 Å². The Hall–Kier alpha value is -2.48. The SMILES string of the molecule is CCn1c(SCC(=O)c2ccc(F)c(F)c2)nnc1-c1ccco1. The van der Waals surface area contributed by atoms with Gasteiger partial charge in [0, 0.05) is 12.1 Å². The monoisotopic (exact) mass is 349 g/mol. The van der Waals surface area contributed by atoms with Crippen molar-refractivity contribution in [3.8, 4) is 11.6 Å². The molecule has 0 saturated carbocycles. The van der Waals surface area contributed by atoms with E-state index in [1.54, 1.807) is 18.4 Å². The Morgan fingerprint density at radius 2 is 2.08 bits per heavy atom. The number of thioether (sulfide) groups is 1. The highest BCUT2D eigenvalue weighted by atomic mass is 32.2. The topological polar surface area (TPSA) is 60.9 Å². The summed E-state index contributed by atoms with van der Waals surface area (Å²) in [5.41, 5.74) is 0.121. The average molecular weight is 349 g/mol. The van der Waals surface area contributed by atoms with Gasteiger partial charge >= 0.3 is 0 Å². The number of benzene rings is 1. The van der Waals surface area contributed by atoms with Crippen molar-refractivity contribution in [2.75, 3.05) is 5.75 Å². The predicted molar refractivity (Wildman–Crippen MR) is 84.8 cm³/mol. The Labute approximate surface area is 140 Å². The summed E-state index contributed by atoms with van der Waals surface area (Å²) in [4.78, 5) is 12.1. The van der Waals surface area contributed by atoms with Gasteiger partial charge in [0.25, 0.3) is 0 Å². The Morgan fingerprint density at radius 1 is 1.25 bits per heavy atom. The van der Waals surface area contributed by atoms with Crippen LogP contribution in [0.15, 0.2) is 46.2 Å². The fourth-order valence-electron chi connectivity index (χ4n) is 2.15. The third-order valence-corrected chi connectivity index (χ3v) is 4.32. The number of hydrogen-bond acceptors (Lipinski definition) is 5. The summed E-state index contributed by atoms with van der Waals surface area (Å²) in [7, 11) is 0. The maximum absolute atomic E-state index is 13.2. The van der Waals surface area contributed by atoms with Gasteiger partial charge in [0.1, 0.15) is 0 Å². The van der Waals surface area contributed by atoms with Crippen LogP contribution in [0.1, 0.15) is 17.3 Å². The number of carbonyl (C=O) groups is 1. The number of furan rings is 1. The molecule has 1 aromatic carbocycles. The summed E-state index contributed by atoms with van der Waals surface area (Å²) in [5, 5.41) is 8.71. The minimum atomic E-state index is -1.04. The lowest BCUT2D eigenvalue weighted by molar-refractivity contribution is 0.102. The van der Waals surface area contributed by atoms with Gasteiger partial charge in [-0.05, 0) is 37.3 Å². The lowest BCUT2D eigenvalue weighted by atomic mass is 10.1. The molecule has 0 aliphatic carbocycles. The van der Waals surface area contributed by atoms with E-state index in [0.717, 1.165) is 12.1 Å². The van der Waals surface area contributed by atoms with Gasteiger partial charge in [0.05, 0.1) is 12.0 Å². The van der Waals surface area contributed by atoms with Crippen LogP contribution >= 0.6 is 11.8 Å². The normalized spacial score (nSPS) is 11.0. The van der Waals surface area contributed by atoms with E-state index in [1.807, 2.05) is 11.5 Å². The second kappa shape index (κ2) is 6.96. The minimum Gasteiger partial charge on any atom is -0.461 e. The summed E-state index contributed by atoms with van der Waals surface area (Å²) in [6, 6.07) is 6.63. The van der Waals surface area contributed by atoms with Gasteiger partial charge in [0.15, 0.2) is 34.2 Å². The van der Waals surface area contributed by atoms with Gasteiger partial charge in [-0.2, -0.15) is 0 Å². The molecule has 0 aliphatic heterocycles. The zero-order valence-corrected chi connectivity index (χ0v) is 13.5. The van der Waals surface area contributed by atoms with Gasteiger partial charge < -0.3 is 4.42 Å². The number of hydrogen-bond donors (Lipinski definition) is 0. The molecular weight excluding hydrogens is 336 g/mol. The fourth-order valence-corrected chi connectivity index (χ4v) is 3.05. The van der Waals surface area contributed by atoms with Gasteiger partial charge in [-0.3, -0.25) is 9.36 Å². The van der Waals surface area contributed by atoms with Crippen LogP contribution in [0.3, 0.4) is 0 Å². The summed E-state index contributed by atoms with van der Waals surface area (Å²) >= 11 is 1.18. The lowest BCUT2D eigenvalue weighted by Crippen LogP contribution is -2.06. The van der Waals surface area contributed by atoms with E-state index in [0.29, 0.717) is 23.3 Å². The molecule has 0 saturated heterocycles. The number of halogens is 2. The molecule has 0 atom stereocenters. The first-order valence-electron chi connectivity index (χ1n) is 7.18. The standard InChI is InChI=1S/C16H13F2N3O2S/c1-2-21-15(14-4-3-7-23-14)19-20-16(21)24-9-13(22)10-5-6-11(17)12(18)8-10/h3-8H,2,9H2,1H3. The van der Waals surface area contributed by atoms with Crippen molar-refractivity contribution in [3.63, 3.8) is 0 Å². The fraction of sp³-hybridized carbons (Fsp3) is 0.188. The number of rotatable bonds is 6. The molecule has 24 heavy (non-hydrogen) atoms. The Bertz CT molecular complexity index is 862. The molecule has 3 aromatic rings. The van der Waals surface area contributed by atoms with E-state index in [1.165, 1.54) is 17.8 Å². The molecule has 0 fully saturated rings. The maximum Gasteiger partial charge on any atom is 0.200 e. The zero-order valence-electron chi connectivity index (χ0n) is 12.7. The number of Topliss-reactive ketones (excluding diaryl/α,β-unsaturated/α-hetero) is 1. The van der Waals surface area contributed by atoms with E-state index in [-0.39, 0.29) is 17.1 Å². The molecule has 2 heterocycles. The molecule has 0 radical (unpaired) electrons. The van der Waals surface area contributed by atoms with Crippen molar-refractivity contribution in [2.24, 2.45) is 0 Å². The van der Waals surface area contributed by atoms with Crippen molar-refractivity contribution in [3.05, 3.63) is 53.8 Å². The van der Waals surface area contributed by atoms with Crippen LogP contribution in [0.5, 0.6) is 0 Å². The van der Waals surface area contributed by atoms with Crippen LogP contribution in [0.25, 0.3) is 11.6 Å². The first-order chi connectivity index (χ1) is 11.6. The first-order valence-corrected chi connectivity index (χ1v) is 8.17. The maximum atomic E-state index is 13.2. The third kappa shape index (κ3) is 3.23. The summed E-state index contributed by atoms with van der Waals surface area (Å²) in [6.07, 6.45) is 1.55. The van der Waals surface area contributed by atoms with Gasteiger partial charge in [-0.25, -0.2) is 8.78 Å². The number of nitrogens with zero attached hydrogens (tertiary/aromatic N) is 3. The van der Waals surface area contributed by atoms with Crippen molar-refractivity contribution in [1.29, 1.82) is 0 Å².